The Kier molecular flexibility index (Phi) is 15.6. The Labute approximate surface area is 305 Å². The maximum Gasteiger partial charge on any atom is 0.330 e. The zero-order valence-electron chi connectivity index (χ0n) is 29.9. The molecule has 12 heteroatoms. The molecule has 0 bridgehead atoms. The lowest BCUT2D eigenvalue weighted by Gasteiger charge is -2.15. The molecule has 0 aromatic heterocycles. The standard InChI is InChI=1S/C40H48N2O10/c1-4-38(43)46-21-9-7-6-8-20-45-34-17-14-32(15-18-34)27-49-51-35-19-16-33(22-36(35)44-5-2)24-42-41-23-30-10-12-31(13-11-30)26-50-52-37-28-48-39-29(3)25-47-40(37)39/h4,10-19,22-24,29,37,39-40H,1,5-9,20-21,25-28H2,2-3H3/b41-23+,42-24+/t29-,37+,39?,40?/m0/s1. The molecule has 4 atom stereocenters. The minimum Gasteiger partial charge on any atom is -0.494 e. The summed E-state index contributed by atoms with van der Waals surface area (Å²) < 4.78 is 28.2. The first-order chi connectivity index (χ1) is 25.5. The lowest BCUT2D eigenvalue weighted by atomic mass is 10.0. The molecule has 12 nitrogen and oxygen atoms in total. The molecule has 52 heavy (non-hydrogen) atoms. The van der Waals surface area contributed by atoms with E-state index >= 15 is 0 Å². The van der Waals surface area contributed by atoms with Gasteiger partial charge in [0.25, 0.3) is 0 Å². The van der Waals surface area contributed by atoms with Gasteiger partial charge in [-0.1, -0.05) is 49.9 Å². The smallest absolute Gasteiger partial charge is 0.330 e. The number of nitrogens with zero attached hydrogens (tertiary/aromatic N) is 2. The van der Waals surface area contributed by atoms with Crippen LogP contribution in [0.3, 0.4) is 0 Å². The van der Waals surface area contributed by atoms with E-state index in [1.165, 1.54) is 6.08 Å². The summed E-state index contributed by atoms with van der Waals surface area (Å²) in [7, 11) is 0. The second kappa shape index (κ2) is 21.1. The highest BCUT2D eigenvalue weighted by molar-refractivity contribution is 5.83. The van der Waals surface area contributed by atoms with Crippen LogP contribution in [0.1, 0.15) is 61.8 Å². The molecule has 0 radical (unpaired) electrons. The third kappa shape index (κ3) is 12.3. The van der Waals surface area contributed by atoms with Crippen LogP contribution in [0.15, 0.2) is 89.6 Å². The quantitative estimate of drug-likeness (QED) is 0.0269. The van der Waals surface area contributed by atoms with E-state index in [0.29, 0.717) is 57.1 Å². The number of carbonyl (C=O) groups is 1. The summed E-state index contributed by atoms with van der Waals surface area (Å²) >= 11 is 0. The van der Waals surface area contributed by atoms with Gasteiger partial charge in [-0.05, 0) is 85.2 Å². The van der Waals surface area contributed by atoms with Crippen molar-refractivity contribution >= 4 is 18.4 Å². The third-order valence-electron chi connectivity index (χ3n) is 8.42. The molecule has 2 saturated heterocycles. The Hall–Kier alpha value is -4.59. The van der Waals surface area contributed by atoms with Crippen molar-refractivity contribution in [3.05, 3.63) is 102 Å². The molecular weight excluding hydrogens is 668 g/mol. The van der Waals surface area contributed by atoms with Crippen molar-refractivity contribution in [2.75, 3.05) is 33.0 Å². The van der Waals surface area contributed by atoms with Crippen molar-refractivity contribution in [1.82, 2.24) is 0 Å². The van der Waals surface area contributed by atoms with Gasteiger partial charge in [-0.2, -0.15) is 15.1 Å². The molecule has 0 amide bonds. The lowest BCUT2D eigenvalue weighted by molar-refractivity contribution is -0.341. The average molecular weight is 717 g/mol. The first kappa shape index (κ1) is 38.6. The van der Waals surface area contributed by atoms with Crippen LogP contribution in [0.5, 0.6) is 17.2 Å². The minimum atomic E-state index is -0.380. The summed E-state index contributed by atoms with van der Waals surface area (Å²) in [4.78, 5) is 33.2. The van der Waals surface area contributed by atoms with Crippen molar-refractivity contribution in [2.45, 2.75) is 71.1 Å². The number of ether oxygens (including phenoxy) is 5. The van der Waals surface area contributed by atoms with Gasteiger partial charge in [-0.25, -0.2) is 14.6 Å². The van der Waals surface area contributed by atoms with Gasteiger partial charge >= 0.3 is 5.97 Å². The van der Waals surface area contributed by atoms with Gasteiger partial charge in [0, 0.05) is 12.0 Å². The molecule has 2 fully saturated rings. The molecule has 0 aliphatic carbocycles. The highest BCUT2D eigenvalue weighted by atomic mass is 17.2. The summed E-state index contributed by atoms with van der Waals surface area (Å²) in [6.45, 7) is 10.6. The Morgan fingerprint density at radius 2 is 1.46 bits per heavy atom. The molecule has 0 spiro atoms. The molecule has 2 aliphatic rings. The summed E-state index contributed by atoms with van der Waals surface area (Å²) in [5, 5.41) is 8.38. The number of hydrogen-bond donors (Lipinski definition) is 0. The second-order valence-electron chi connectivity index (χ2n) is 12.5. The van der Waals surface area contributed by atoms with Gasteiger partial charge in [0.1, 0.15) is 31.2 Å². The topological polar surface area (TPSA) is 125 Å². The molecule has 278 valence electrons. The highest BCUT2D eigenvalue weighted by Crippen LogP contribution is 2.32. The van der Waals surface area contributed by atoms with E-state index < -0.39 is 0 Å². The molecule has 2 unspecified atom stereocenters. The van der Waals surface area contributed by atoms with Crippen molar-refractivity contribution in [3.63, 3.8) is 0 Å². The van der Waals surface area contributed by atoms with Gasteiger partial charge in [-0.15, -0.1) is 0 Å². The molecule has 3 aromatic carbocycles. The minimum absolute atomic E-state index is 0.0642. The van der Waals surface area contributed by atoms with E-state index in [9.17, 15) is 4.79 Å². The van der Waals surface area contributed by atoms with Crippen molar-refractivity contribution < 1.29 is 48.0 Å². The number of esters is 1. The first-order valence-electron chi connectivity index (χ1n) is 17.8. The number of hydrogen-bond acceptors (Lipinski definition) is 12. The average Bonchev–Trinajstić information content (AvgIpc) is 3.75. The van der Waals surface area contributed by atoms with E-state index in [4.69, 9.17) is 43.2 Å². The van der Waals surface area contributed by atoms with Crippen LogP contribution in [0.25, 0.3) is 0 Å². The number of unbranched alkanes of at least 4 members (excludes halogenated alkanes) is 3. The maximum atomic E-state index is 11.0. The van der Waals surface area contributed by atoms with E-state index in [1.807, 2.05) is 67.6 Å². The SMILES string of the molecule is C=CC(=O)OCCCCCCOc1ccc(COOc2ccc(/C=N/N=C/c3ccc(COO[C@@H]4COC5C4OC[C@@H]5C)cc3)cc2OCC)cc1. The molecule has 2 aliphatic heterocycles. The van der Waals surface area contributed by atoms with Crippen molar-refractivity contribution in [2.24, 2.45) is 16.1 Å². The third-order valence-corrected chi connectivity index (χ3v) is 8.42. The van der Waals surface area contributed by atoms with Crippen LogP contribution in [0.4, 0.5) is 0 Å². The molecule has 2 heterocycles. The Balaban J connectivity index is 0.984. The van der Waals surface area contributed by atoms with Gasteiger partial charge in [-0.3, -0.25) is 0 Å². The van der Waals surface area contributed by atoms with Crippen molar-refractivity contribution in [1.29, 1.82) is 0 Å². The van der Waals surface area contributed by atoms with Crippen LogP contribution in [-0.2, 0) is 46.9 Å². The Morgan fingerprint density at radius 1 is 0.788 bits per heavy atom. The maximum absolute atomic E-state index is 11.0. The molecule has 3 aromatic rings. The number of rotatable bonds is 22. The first-order valence-corrected chi connectivity index (χ1v) is 17.8. The summed E-state index contributed by atoms with van der Waals surface area (Å²) in [6, 6.07) is 20.9. The molecule has 0 saturated carbocycles. The van der Waals surface area contributed by atoms with E-state index in [-0.39, 0.29) is 30.9 Å². The van der Waals surface area contributed by atoms with E-state index in [2.05, 4.69) is 23.7 Å². The summed E-state index contributed by atoms with van der Waals surface area (Å²) in [6.07, 6.45) is 8.03. The largest absolute Gasteiger partial charge is 0.494 e. The predicted molar refractivity (Wildman–Crippen MR) is 195 cm³/mol. The lowest BCUT2D eigenvalue weighted by Crippen LogP contribution is -2.31. The van der Waals surface area contributed by atoms with Gasteiger partial charge in [0.15, 0.2) is 5.75 Å². The molecule has 5 rings (SSSR count). The van der Waals surface area contributed by atoms with E-state index in [0.717, 1.165) is 53.7 Å². The summed E-state index contributed by atoms with van der Waals surface area (Å²) in [5.74, 6) is 1.77. The van der Waals surface area contributed by atoms with Gasteiger partial charge < -0.3 is 28.6 Å². The highest BCUT2D eigenvalue weighted by Gasteiger charge is 2.47. The predicted octanol–water partition coefficient (Wildman–Crippen LogP) is 6.97. The molecule has 0 N–H and O–H groups in total. The van der Waals surface area contributed by atoms with E-state index in [1.54, 1.807) is 18.5 Å². The zero-order valence-corrected chi connectivity index (χ0v) is 29.9. The normalized spacial score (nSPS) is 19.6. The number of fused-ring (bicyclic) bond motifs is 1. The second-order valence-corrected chi connectivity index (χ2v) is 12.5. The molecular formula is C40H48N2O10. The van der Waals surface area contributed by atoms with Gasteiger partial charge in [0.2, 0.25) is 5.75 Å². The van der Waals surface area contributed by atoms with Crippen LogP contribution in [-0.4, -0.2) is 69.7 Å². The zero-order chi connectivity index (χ0) is 36.4. The van der Waals surface area contributed by atoms with Crippen LogP contribution < -0.4 is 14.4 Å². The number of carbonyl (C=O) groups excluding carboxylic acids is 1. The van der Waals surface area contributed by atoms with Crippen LogP contribution >= 0.6 is 0 Å². The monoisotopic (exact) mass is 716 g/mol. The number of benzene rings is 3. The summed E-state index contributed by atoms with van der Waals surface area (Å²) in [5.41, 5.74) is 3.59. The van der Waals surface area contributed by atoms with Crippen molar-refractivity contribution in [3.8, 4) is 17.2 Å². The fourth-order valence-corrected chi connectivity index (χ4v) is 5.59. The Morgan fingerprint density at radius 3 is 2.21 bits per heavy atom. The van der Waals surface area contributed by atoms with Crippen LogP contribution in [0.2, 0.25) is 0 Å². The Bertz CT molecular complexity index is 1590. The fourth-order valence-electron chi connectivity index (χ4n) is 5.59. The van der Waals surface area contributed by atoms with Gasteiger partial charge in [0.05, 0.1) is 51.6 Å². The fraction of sp³-hybridized carbons (Fsp3) is 0.425. The van der Waals surface area contributed by atoms with Crippen LogP contribution in [0, 0.1) is 5.92 Å².